The Morgan fingerprint density at radius 2 is 2.25 bits per heavy atom. The van der Waals surface area contributed by atoms with E-state index in [4.69, 9.17) is 11.6 Å². The second kappa shape index (κ2) is 6.60. The molecule has 0 aromatic heterocycles. The van der Waals surface area contributed by atoms with Gasteiger partial charge in [-0.25, -0.2) is 4.79 Å². The van der Waals surface area contributed by atoms with Crippen LogP contribution < -0.4 is 0 Å². The SMILES string of the molecule is CCOC(=O)C(Cl)N=Nc1ccccc1Br. The molecule has 0 fully saturated rings. The number of alkyl halides is 1. The highest BCUT2D eigenvalue weighted by molar-refractivity contribution is 9.10. The van der Waals surface area contributed by atoms with Gasteiger partial charge in [0.05, 0.1) is 12.3 Å². The number of ether oxygens (including phenoxy) is 1. The van der Waals surface area contributed by atoms with E-state index in [9.17, 15) is 4.79 Å². The Morgan fingerprint density at radius 1 is 1.56 bits per heavy atom. The van der Waals surface area contributed by atoms with Crippen LogP contribution >= 0.6 is 27.5 Å². The van der Waals surface area contributed by atoms with Crippen molar-refractivity contribution >= 4 is 39.2 Å². The lowest BCUT2D eigenvalue weighted by atomic mass is 10.3. The van der Waals surface area contributed by atoms with E-state index in [0.717, 1.165) is 4.47 Å². The molecule has 0 radical (unpaired) electrons. The van der Waals surface area contributed by atoms with Crippen molar-refractivity contribution < 1.29 is 9.53 Å². The maximum atomic E-state index is 11.1. The summed E-state index contributed by atoms with van der Waals surface area (Å²) in [6.45, 7) is 1.97. The van der Waals surface area contributed by atoms with Crippen molar-refractivity contribution in [2.75, 3.05) is 6.61 Å². The van der Waals surface area contributed by atoms with Crippen molar-refractivity contribution in [3.05, 3.63) is 28.7 Å². The Kier molecular flexibility index (Phi) is 5.42. The van der Waals surface area contributed by atoms with Gasteiger partial charge in [-0.2, -0.15) is 10.2 Å². The zero-order valence-electron chi connectivity index (χ0n) is 8.56. The first kappa shape index (κ1) is 13.1. The normalized spacial score (nSPS) is 12.7. The molecule has 0 heterocycles. The summed E-state index contributed by atoms with van der Waals surface area (Å²) >= 11 is 8.96. The molecular formula is C10H10BrClN2O2. The molecule has 6 heteroatoms. The third kappa shape index (κ3) is 3.90. The molecule has 1 unspecified atom stereocenters. The van der Waals surface area contributed by atoms with E-state index < -0.39 is 11.5 Å². The number of halogens is 2. The van der Waals surface area contributed by atoms with Crippen LogP contribution in [0.25, 0.3) is 0 Å². The Bertz CT molecular complexity index is 398. The molecule has 86 valence electrons. The fourth-order valence-electron chi connectivity index (χ4n) is 0.904. The molecular weight excluding hydrogens is 295 g/mol. The third-order valence-corrected chi connectivity index (χ3v) is 2.54. The maximum Gasteiger partial charge on any atom is 0.348 e. The highest BCUT2D eigenvalue weighted by atomic mass is 79.9. The molecule has 0 N–H and O–H groups in total. The number of rotatable bonds is 4. The van der Waals surface area contributed by atoms with Gasteiger partial charge < -0.3 is 4.74 Å². The Balaban J connectivity index is 2.67. The van der Waals surface area contributed by atoms with E-state index in [2.05, 4.69) is 30.9 Å². The number of hydrogen-bond acceptors (Lipinski definition) is 4. The summed E-state index contributed by atoms with van der Waals surface area (Å²) in [6, 6.07) is 7.24. The Labute approximate surface area is 107 Å². The van der Waals surface area contributed by atoms with Crippen LogP contribution in [0, 0.1) is 0 Å². The average molecular weight is 306 g/mol. The van der Waals surface area contributed by atoms with Gasteiger partial charge in [0.15, 0.2) is 0 Å². The van der Waals surface area contributed by atoms with Crippen molar-refractivity contribution in [1.29, 1.82) is 0 Å². The summed E-state index contributed by atoms with van der Waals surface area (Å²) < 4.78 is 5.47. The number of carbonyl (C=O) groups is 1. The standard InChI is InChI=1S/C10H10BrClN2O2/c1-2-16-10(15)9(12)14-13-8-6-4-3-5-7(8)11/h3-6,9H,2H2,1H3. The average Bonchev–Trinajstić information content (AvgIpc) is 2.28. The predicted molar refractivity (Wildman–Crippen MR) is 64.9 cm³/mol. The molecule has 0 aliphatic carbocycles. The first-order valence-corrected chi connectivity index (χ1v) is 5.84. The van der Waals surface area contributed by atoms with Gasteiger partial charge in [-0.15, -0.1) is 0 Å². The number of esters is 1. The lowest BCUT2D eigenvalue weighted by Gasteiger charge is -2.02. The van der Waals surface area contributed by atoms with Crippen molar-refractivity contribution in [3.8, 4) is 0 Å². The first-order valence-electron chi connectivity index (χ1n) is 4.61. The summed E-state index contributed by atoms with van der Waals surface area (Å²) in [6.07, 6.45) is 0. The lowest BCUT2D eigenvalue weighted by Crippen LogP contribution is -2.14. The monoisotopic (exact) mass is 304 g/mol. The minimum atomic E-state index is -1.10. The largest absolute Gasteiger partial charge is 0.463 e. The molecule has 0 saturated carbocycles. The second-order valence-corrected chi connectivity index (χ2v) is 4.02. The molecule has 4 nitrogen and oxygen atoms in total. The van der Waals surface area contributed by atoms with Crippen LogP contribution in [-0.2, 0) is 9.53 Å². The highest BCUT2D eigenvalue weighted by Gasteiger charge is 2.14. The van der Waals surface area contributed by atoms with Gasteiger partial charge in [0.25, 0.3) is 0 Å². The predicted octanol–water partition coefficient (Wildman–Crippen LogP) is 3.66. The van der Waals surface area contributed by atoms with Crippen molar-refractivity contribution in [3.63, 3.8) is 0 Å². The lowest BCUT2D eigenvalue weighted by molar-refractivity contribution is -0.142. The number of azo groups is 1. The summed E-state index contributed by atoms with van der Waals surface area (Å²) in [4.78, 5) is 11.1. The van der Waals surface area contributed by atoms with E-state index >= 15 is 0 Å². The Morgan fingerprint density at radius 3 is 2.88 bits per heavy atom. The number of hydrogen-bond donors (Lipinski definition) is 0. The molecule has 0 saturated heterocycles. The maximum absolute atomic E-state index is 11.1. The van der Waals surface area contributed by atoms with Crippen LogP contribution in [0.15, 0.2) is 39.0 Å². The summed E-state index contributed by atoms with van der Waals surface area (Å²) in [7, 11) is 0. The third-order valence-electron chi connectivity index (χ3n) is 1.60. The zero-order chi connectivity index (χ0) is 12.0. The molecule has 1 atom stereocenters. The van der Waals surface area contributed by atoms with Gasteiger partial charge in [0.2, 0.25) is 5.50 Å². The molecule has 0 spiro atoms. The zero-order valence-corrected chi connectivity index (χ0v) is 10.9. The topological polar surface area (TPSA) is 51.0 Å². The first-order chi connectivity index (χ1) is 7.65. The molecule has 1 aromatic carbocycles. The fraction of sp³-hybridized carbons (Fsp3) is 0.300. The van der Waals surface area contributed by atoms with Crippen LogP contribution in [0.5, 0.6) is 0 Å². The van der Waals surface area contributed by atoms with E-state index in [1.807, 2.05) is 18.2 Å². The van der Waals surface area contributed by atoms with Gasteiger partial charge in [-0.05, 0) is 35.0 Å². The molecule has 0 amide bonds. The van der Waals surface area contributed by atoms with E-state index in [-0.39, 0.29) is 6.61 Å². The van der Waals surface area contributed by atoms with E-state index in [0.29, 0.717) is 5.69 Å². The summed E-state index contributed by atoms with van der Waals surface area (Å²) in [5.74, 6) is -0.597. The van der Waals surface area contributed by atoms with Gasteiger partial charge in [-0.3, -0.25) is 0 Å². The molecule has 1 rings (SSSR count). The van der Waals surface area contributed by atoms with Gasteiger partial charge in [-0.1, -0.05) is 23.7 Å². The Hall–Kier alpha value is -0.940. The molecule has 0 aliphatic rings. The highest BCUT2D eigenvalue weighted by Crippen LogP contribution is 2.25. The van der Waals surface area contributed by atoms with Crippen molar-refractivity contribution in [1.82, 2.24) is 0 Å². The number of carbonyl (C=O) groups excluding carboxylic acids is 1. The van der Waals surface area contributed by atoms with E-state index in [1.54, 1.807) is 13.0 Å². The summed E-state index contributed by atoms with van der Waals surface area (Å²) in [5.41, 5.74) is -0.496. The van der Waals surface area contributed by atoms with Crippen LogP contribution in [0.4, 0.5) is 5.69 Å². The second-order valence-electron chi connectivity index (χ2n) is 2.75. The molecule has 0 aliphatic heterocycles. The van der Waals surface area contributed by atoms with Gasteiger partial charge in [0, 0.05) is 4.47 Å². The summed E-state index contributed by atoms with van der Waals surface area (Å²) in [5, 5.41) is 7.51. The molecule has 0 bridgehead atoms. The fourth-order valence-corrected chi connectivity index (χ4v) is 1.37. The number of nitrogens with zero attached hydrogens (tertiary/aromatic N) is 2. The molecule has 16 heavy (non-hydrogen) atoms. The van der Waals surface area contributed by atoms with Gasteiger partial charge in [0.1, 0.15) is 0 Å². The van der Waals surface area contributed by atoms with Gasteiger partial charge >= 0.3 is 5.97 Å². The minimum absolute atomic E-state index is 0.270. The van der Waals surface area contributed by atoms with Crippen molar-refractivity contribution in [2.24, 2.45) is 10.2 Å². The quantitative estimate of drug-likeness (QED) is 0.369. The van der Waals surface area contributed by atoms with Crippen LogP contribution in [0.3, 0.4) is 0 Å². The van der Waals surface area contributed by atoms with Crippen LogP contribution in [0.1, 0.15) is 6.92 Å². The smallest absolute Gasteiger partial charge is 0.348 e. The number of benzene rings is 1. The van der Waals surface area contributed by atoms with E-state index in [1.165, 1.54) is 0 Å². The minimum Gasteiger partial charge on any atom is -0.463 e. The van der Waals surface area contributed by atoms with Crippen molar-refractivity contribution in [2.45, 2.75) is 12.4 Å². The van der Waals surface area contributed by atoms with Crippen LogP contribution in [0.2, 0.25) is 0 Å². The molecule has 1 aromatic rings. The van der Waals surface area contributed by atoms with Crippen LogP contribution in [-0.4, -0.2) is 18.1 Å².